The van der Waals surface area contributed by atoms with Gasteiger partial charge in [-0.25, -0.2) is 0 Å². The SMILES string of the molecule is CCCCCCCCC[CH]CCCCCC/C=C\N. The van der Waals surface area contributed by atoms with Crippen LogP contribution in [-0.4, -0.2) is 0 Å². The maximum absolute atomic E-state index is 5.30. The molecule has 19 heavy (non-hydrogen) atoms. The minimum absolute atomic E-state index is 1.15. The lowest BCUT2D eigenvalue weighted by Crippen LogP contribution is -1.84. The first-order chi connectivity index (χ1) is 9.41. The van der Waals surface area contributed by atoms with Gasteiger partial charge in [-0.2, -0.15) is 0 Å². The van der Waals surface area contributed by atoms with Crippen LogP contribution >= 0.6 is 0 Å². The van der Waals surface area contributed by atoms with E-state index in [0.29, 0.717) is 0 Å². The molecule has 0 aliphatic rings. The van der Waals surface area contributed by atoms with Crippen molar-refractivity contribution in [1.82, 2.24) is 0 Å². The van der Waals surface area contributed by atoms with Gasteiger partial charge in [0.2, 0.25) is 0 Å². The van der Waals surface area contributed by atoms with Crippen molar-refractivity contribution in [2.24, 2.45) is 5.73 Å². The zero-order valence-electron chi connectivity index (χ0n) is 13.2. The molecule has 0 saturated carbocycles. The van der Waals surface area contributed by atoms with Gasteiger partial charge in [0.25, 0.3) is 0 Å². The van der Waals surface area contributed by atoms with Crippen molar-refractivity contribution in [2.75, 3.05) is 0 Å². The van der Waals surface area contributed by atoms with Gasteiger partial charge in [0.05, 0.1) is 0 Å². The number of unbranched alkanes of at least 4 members (excludes halogenated alkanes) is 14. The standard InChI is InChI=1S/C18H36N/c1-2-3-4-5-6-7-8-9-10-11-12-13-14-15-16-17-18-19/h10,17-18H,2-9,11-16,19H2,1H3/b18-17-. The third kappa shape index (κ3) is 17.5. The fraction of sp³-hybridized carbons (Fsp3) is 0.833. The van der Waals surface area contributed by atoms with E-state index in [2.05, 4.69) is 19.4 Å². The molecule has 0 aromatic carbocycles. The Kier molecular flexibility index (Phi) is 17.1. The number of hydrogen-bond donors (Lipinski definition) is 1. The minimum Gasteiger partial charge on any atom is -0.405 e. The molecule has 0 amide bonds. The Morgan fingerprint density at radius 1 is 0.632 bits per heavy atom. The van der Waals surface area contributed by atoms with E-state index in [-0.39, 0.29) is 0 Å². The van der Waals surface area contributed by atoms with Crippen LogP contribution in [0.4, 0.5) is 0 Å². The molecule has 0 aliphatic heterocycles. The minimum atomic E-state index is 1.15. The molecule has 0 bridgehead atoms. The highest BCUT2D eigenvalue weighted by atomic mass is 14.5. The maximum atomic E-state index is 5.30. The van der Waals surface area contributed by atoms with Crippen molar-refractivity contribution in [2.45, 2.75) is 96.8 Å². The quantitative estimate of drug-likeness (QED) is 0.354. The molecule has 113 valence electrons. The Balaban J connectivity index is 2.91. The molecule has 1 nitrogen and oxygen atoms in total. The van der Waals surface area contributed by atoms with Gasteiger partial charge >= 0.3 is 0 Å². The van der Waals surface area contributed by atoms with Gasteiger partial charge in [-0.05, 0) is 25.5 Å². The van der Waals surface area contributed by atoms with Crippen LogP contribution in [0.5, 0.6) is 0 Å². The average Bonchev–Trinajstić information content (AvgIpc) is 2.43. The molecule has 0 fully saturated rings. The van der Waals surface area contributed by atoms with E-state index in [4.69, 9.17) is 5.73 Å². The van der Waals surface area contributed by atoms with E-state index in [9.17, 15) is 0 Å². The summed E-state index contributed by atoms with van der Waals surface area (Å²) >= 11 is 0. The molecule has 2 N–H and O–H groups in total. The summed E-state index contributed by atoms with van der Waals surface area (Å²) in [7, 11) is 0. The second-order valence-electron chi connectivity index (χ2n) is 5.62. The van der Waals surface area contributed by atoms with E-state index < -0.39 is 0 Å². The monoisotopic (exact) mass is 266 g/mol. The molecule has 0 saturated heterocycles. The molecule has 0 aromatic rings. The summed E-state index contributed by atoms with van der Waals surface area (Å²) in [5.74, 6) is 0. The smallest absolute Gasteiger partial charge is 0.0103 e. The van der Waals surface area contributed by atoms with Crippen LogP contribution in [0.25, 0.3) is 0 Å². The summed E-state index contributed by atoms with van der Waals surface area (Å²) in [6.07, 6.45) is 25.4. The fourth-order valence-electron chi connectivity index (χ4n) is 2.39. The topological polar surface area (TPSA) is 26.0 Å². The highest BCUT2D eigenvalue weighted by Gasteiger charge is 1.93. The van der Waals surface area contributed by atoms with Crippen molar-refractivity contribution in [3.05, 3.63) is 18.7 Å². The number of allylic oxidation sites excluding steroid dienone is 1. The summed E-state index contributed by atoms with van der Waals surface area (Å²) in [6.45, 7) is 2.28. The van der Waals surface area contributed by atoms with Gasteiger partial charge in [-0.15, -0.1) is 0 Å². The summed E-state index contributed by atoms with van der Waals surface area (Å²) in [4.78, 5) is 0. The zero-order valence-corrected chi connectivity index (χ0v) is 13.2. The average molecular weight is 266 g/mol. The number of nitrogens with two attached hydrogens (primary N) is 1. The predicted octanol–water partition coefficient (Wildman–Crippen LogP) is 6.14. The lowest BCUT2D eigenvalue weighted by Gasteiger charge is -2.02. The van der Waals surface area contributed by atoms with Crippen molar-refractivity contribution < 1.29 is 0 Å². The molecule has 0 heterocycles. The Bertz CT molecular complexity index is 175. The molecule has 0 spiro atoms. The molecular weight excluding hydrogens is 230 g/mol. The van der Waals surface area contributed by atoms with Gasteiger partial charge in [0, 0.05) is 0 Å². The highest BCUT2D eigenvalue weighted by Crippen LogP contribution is 2.12. The second-order valence-corrected chi connectivity index (χ2v) is 5.62. The van der Waals surface area contributed by atoms with Gasteiger partial charge < -0.3 is 5.73 Å². The van der Waals surface area contributed by atoms with Crippen LogP contribution in [0.15, 0.2) is 12.3 Å². The normalized spacial score (nSPS) is 11.4. The van der Waals surface area contributed by atoms with E-state index >= 15 is 0 Å². The van der Waals surface area contributed by atoms with E-state index in [1.165, 1.54) is 83.5 Å². The number of rotatable bonds is 15. The molecule has 0 aliphatic carbocycles. The first-order valence-corrected chi connectivity index (χ1v) is 8.60. The Hall–Kier alpha value is -0.460. The summed E-state index contributed by atoms with van der Waals surface area (Å²) in [5, 5.41) is 0. The van der Waals surface area contributed by atoms with Gasteiger partial charge in [0.15, 0.2) is 0 Å². The van der Waals surface area contributed by atoms with Crippen LogP contribution in [0, 0.1) is 6.42 Å². The Morgan fingerprint density at radius 2 is 1.11 bits per heavy atom. The predicted molar refractivity (Wildman–Crippen MR) is 87.9 cm³/mol. The van der Waals surface area contributed by atoms with Crippen LogP contribution in [0.3, 0.4) is 0 Å². The van der Waals surface area contributed by atoms with Crippen molar-refractivity contribution in [1.29, 1.82) is 0 Å². The van der Waals surface area contributed by atoms with Crippen LogP contribution in [0.2, 0.25) is 0 Å². The van der Waals surface area contributed by atoms with E-state index in [1.807, 2.05) is 0 Å². The molecular formula is C18H36N. The molecule has 0 aromatic heterocycles. The zero-order chi connectivity index (χ0) is 14.0. The molecule has 1 radical (unpaired) electrons. The van der Waals surface area contributed by atoms with Gasteiger partial charge in [0.1, 0.15) is 0 Å². The molecule has 0 atom stereocenters. The highest BCUT2D eigenvalue weighted by molar-refractivity contribution is 4.75. The summed E-state index contributed by atoms with van der Waals surface area (Å²) < 4.78 is 0. The Morgan fingerprint density at radius 3 is 1.63 bits per heavy atom. The van der Waals surface area contributed by atoms with Gasteiger partial charge in [-0.1, -0.05) is 90.0 Å². The van der Waals surface area contributed by atoms with Crippen molar-refractivity contribution >= 4 is 0 Å². The third-order valence-corrected chi connectivity index (χ3v) is 3.68. The first-order valence-electron chi connectivity index (χ1n) is 8.60. The van der Waals surface area contributed by atoms with E-state index in [1.54, 1.807) is 6.20 Å². The lowest BCUT2D eigenvalue weighted by atomic mass is 10.0. The van der Waals surface area contributed by atoms with Gasteiger partial charge in [-0.3, -0.25) is 0 Å². The molecule has 0 rings (SSSR count). The largest absolute Gasteiger partial charge is 0.405 e. The summed E-state index contributed by atoms with van der Waals surface area (Å²) in [5.41, 5.74) is 5.30. The lowest BCUT2D eigenvalue weighted by molar-refractivity contribution is 0.577. The Labute approximate surface area is 122 Å². The van der Waals surface area contributed by atoms with Crippen LogP contribution < -0.4 is 5.73 Å². The van der Waals surface area contributed by atoms with E-state index in [0.717, 1.165) is 6.42 Å². The second kappa shape index (κ2) is 17.5. The number of hydrogen-bond acceptors (Lipinski definition) is 1. The maximum Gasteiger partial charge on any atom is -0.0103 e. The van der Waals surface area contributed by atoms with Crippen molar-refractivity contribution in [3.63, 3.8) is 0 Å². The summed E-state index contributed by atoms with van der Waals surface area (Å²) in [6, 6.07) is 0. The molecule has 1 heteroatoms. The first kappa shape index (κ1) is 18.5. The van der Waals surface area contributed by atoms with Crippen molar-refractivity contribution in [3.8, 4) is 0 Å². The van der Waals surface area contributed by atoms with Crippen LogP contribution in [-0.2, 0) is 0 Å². The van der Waals surface area contributed by atoms with Crippen LogP contribution in [0.1, 0.15) is 96.8 Å². The fourth-order valence-corrected chi connectivity index (χ4v) is 2.39. The third-order valence-electron chi connectivity index (χ3n) is 3.68. The molecule has 0 unspecified atom stereocenters.